The van der Waals surface area contributed by atoms with Gasteiger partial charge in [0, 0.05) is 5.92 Å². The second kappa shape index (κ2) is 3.36. The van der Waals surface area contributed by atoms with Gasteiger partial charge in [0.05, 0.1) is 0 Å². The van der Waals surface area contributed by atoms with Crippen LogP contribution in [-0.4, -0.2) is 5.11 Å². The lowest BCUT2D eigenvalue weighted by Crippen LogP contribution is -2.11. The Kier molecular flexibility index (Phi) is 1.81. The van der Waals surface area contributed by atoms with Crippen LogP contribution in [0.1, 0.15) is 11.1 Å². The predicted molar refractivity (Wildman–Crippen MR) is 73.9 cm³/mol. The Bertz CT molecular complexity index is 696. The van der Waals surface area contributed by atoms with Gasteiger partial charge in [-0.3, -0.25) is 0 Å². The van der Waals surface area contributed by atoms with E-state index >= 15 is 0 Å². The van der Waals surface area contributed by atoms with Crippen molar-refractivity contribution < 1.29 is 5.11 Å². The van der Waals surface area contributed by atoms with E-state index in [9.17, 15) is 5.11 Å². The highest BCUT2D eigenvalue weighted by Gasteiger charge is 2.27. The summed E-state index contributed by atoms with van der Waals surface area (Å²) in [6.07, 6.45) is 15.2. The van der Waals surface area contributed by atoms with E-state index in [-0.39, 0.29) is 0 Å². The molecule has 1 aromatic carbocycles. The van der Waals surface area contributed by atoms with Gasteiger partial charge in [-0.05, 0) is 40.0 Å². The van der Waals surface area contributed by atoms with E-state index in [0.717, 1.165) is 5.56 Å². The molecule has 0 aliphatic heterocycles. The quantitative estimate of drug-likeness (QED) is 0.720. The van der Waals surface area contributed by atoms with Gasteiger partial charge in [-0.15, -0.1) is 0 Å². The van der Waals surface area contributed by atoms with Crippen LogP contribution in [-0.2, 0) is 0 Å². The maximum atomic E-state index is 9.55. The average Bonchev–Trinajstić information content (AvgIpc) is 2.86. The Morgan fingerprint density at radius 3 is 2.83 bits per heavy atom. The molecule has 1 unspecified atom stereocenters. The van der Waals surface area contributed by atoms with Crippen molar-refractivity contribution in [3.8, 4) is 5.75 Å². The number of hydrogen-bond acceptors (Lipinski definition) is 1. The van der Waals surface area contributed by atoms with Crippen LogP contribution in [0.15, 0.2) is 65.8 Å². The van der Waals surface area contributed by atoms with Crippen LogP contribution in [0, 0.1) is 5.92 Å². The third-order valence-electron chi connectivity index (χ3n) is 3.81. The monoisotopic (exact) mass is 232 g/mol. The van der Waals surface area contributed by atoms with E-state index in [0.29, 0.717) is 11.7 Å². The first-order chi connectivity index (χ1) is 8.83. The molecule has 0 spiro atoms. The highest BCUT2D eigenvalue weighted by Crippen LogP contribution is 2.44. The van der Waals surface area contributed by atoms with Gasteiger partial charge in [0.25, 0.3) is 0 Å². The van der Waals surface area contributed by atoms with Crippen LogP contribution in [0.25, 0.3) is 11.6 Å². The molecule has 0 fully saturated rings. The van der Waals surface area contributed by atoms with Crippen LogP contribution in [0.5, 0.6) is 5.75 Å². The summed E-state index contributed by atoms with van der Waals surface area (Å²) >= 11 is 0. The van der Waals surface area contributed by atoms with Gasteiger partial charge in [0.15, 0.2) is 0 Å². The molecule has 0 radical (unpaired) electrons. The fourth-order valence-corrected chi connectivity index (χ4v) is 2.95. The number of hydrogen-bond donors (Lipinski definition) is 1. The topological polar surface area (TPSA) is 20.2 Å². The van der Waals surface area contributed by atoms with Gasteiger partial charge >= 0.3 is 0 Å². The molecule has 0 amide bonds. The summed E-state index contributed by atoms with van der Waals surface area (Å²) in [5.41, 5.74) is 6.34. The lowest BCUT2D eigenvalue weighted by atomic mass is 9.76. The molecular formula is C17H12O. The minimum absolute atomic E-state index is 0.325. The summed E-state index contributed by atoms with van der Waals surface area (Å²) in [5.74, 6) is 0.684. The van der Waals surface area contributed by atoms with Crippen molar-refractivity contribution in [1.29, 1.82) is 0 Å². The number of allylic oxidation sites excluding steroid dienone is 9. The number of benzene rings is 1. The highest BCUT2D eigenvalue weighted by atomic mass is 16.3. The molecular weight excluding hydrogens is 220 g/mol. The molecule has 0 saturated carbocycles. The standard InChI is InChI=1S/C17H12O/c18-13-6-9-15-12(10-13)5-8-16-14-3-1-2-11(14)4-7-17(15)16/h1-10,16,18H. The third kappa shape index (κ3) is 1.22. The molecule has 0 saturated heterocycles. The smallest absolute Gasteiger partial charge is 0.116 e. The van der Waals surface area contributed by atoms with E-state index in [1.54, 1.807) is 6.07 Å². The van der Waals surface area contributed by atoms with Gasteiger partial charge in [-0.25, -0.2) is 0 Å². The molecule has 0 heterocycles. The maximum absolute atomic E-state index is 9.55. The second-order valence-electron chi connectivity index (χ2n) is 4.83. The zero-order valence-corrected chi connectivity index (χ0v) is 9.80. The summed E-state index contributed by atoms with van der Waals surface area (Å²) in [6, 6.07) is 5.59. The molecule has 1 aromatic rings. The van der Waals surface area contributed by atoms with Crippen molar-refractivity contribution in [2.75, 3.05) is 0 Å². The van der Waals surface area contributed by atoms with Gasteiger partial charge < -0.3 is 5.11 Å². The third-order valence-corrected chi connectivity index (χ3v) is 3.81. The molecule has 1 heteroatoms. The highest BCUT2D eigenvalue weighted by molar-refractivity contribution is 5.87. The molecule has 3 aliphatic rings. The minimum atomic E-state index is 0.325. The van der Waals surface area contributed by atoms with Crippen molar-refractivity contribution in [3.05, 3.63) is 76.9 Å². The van der Waals surface area contributed by atoms with Gasteiger partial charge in [0.2, 0.25) is 0 Å². The molecule has 1 N–H and O–H groups in total. The lowest BCUT2D eigenvalue weighted by molar-refractivity contribution is 0.475. The Labute approximate surface area is 106 Å². The zero-order valence-electron chi connectivity index (χ0n) is 9.80. The van der Waals surface area contributed by atoms with E-state index in [1.165, 1.54) is 22.3 Å². The first-order valence-corrected chi connectivity index (χ1v) is 6.15. The number of fused-ring (bicyclic) bond motifs is 5. The Morgan fingerprint density at radius 1 is 0.944 bits per heavy atom. The molecule has 1 atom stereocenters. The summed E-state index contributed by atoms with van der Waals surface area (Å²) < 4.78 is 0. The van der Waals surface area contributed by atoms with Gasteiger partial charge in [-0.1, -0.05) is 48.6 Å². The summed E-state index contributed by atoms with van der Waals surface area (Å²) in [5, 5.41) is 9.55. The predicted octanol–water partition coefficient (Wildman–Crippen LogP) is 3.85. The maximum Gasteiger partial charge on any atom is 0.116 e. The van der Waals surface area contributed by atoms with E-state index in [4.69, 9.17) is 0 Å². The molecule has 1 nitrogen and oxygen atoms in total. The molecule has 0 bridgehead atoms. The lowest BCUT2D eigenvalue weighted by Gasteiger charge is -2.28. The van der Waals surface area contributed by atoms with Crippen molar-refractivity contribution in [2.45, 2.75) is 0 Å². The number of phenols is 1. The Morgan fingerprint density at radius 2 is 1.89 bits per heavy atom. The first kappa shape index (κ1) is 9.72. The van der Waals surface area contributed by atoms with Crippen molar-refractivity contribution in [3.63, 3.8) is 0 Å². The van der Waals surface area contributed by atoms with E-state index in [1.807, 2.05) is 12.1 Å². The van der Waals surface area contributed by atoms with E-state index in [2.05, 4.69) is 42.5 Å². The van der Waals surface area contributed by atoms with Crippen LogP contribution in [0.4, 0.5) is 0 Å². The Hall–Kier alpha value is -2.28. The molecule has 3 aliphatic carbocycles. The van der Waals surface area contributed by atoms with E-state index < -0.39 is 0 Å². The number of phenolic OH excluding ortho intramolecular Hbond substituents is 1. The number of aromatic hydroxyl groups is 1. The SMILES string of the molecule is Oc1ccc2c(c1)C=CC1C3=CC=CC3=CC=C21. The van der Waals surface area contributed by atoms with Crippen LogP contribution in [0.3, 0.4) is 0 Å². The normalized spacial score (nSPS) is 22.7. The largest absolute Gasteiger partial charge is 0.508 e. The summed E-state index contributed by atoms with van der Waals surface area (Å²) in [7, 11) is 0. The second-order valence-corrected chi connectivity index (χ2v) is 4.83. The minimum Gasteiger partial charge on any atom is -0.508 e. The Balaban J connectivity index is 1.93. The molecule has 4 rings (SSSR count). The summed E-state index contributed by atoms with van der Waals surface area (Å²) in [6.45, 7) is 0. The van der Waals surface area contributed by atoms with Crippen LogP contribution in [0.2, 0.25) is 0 Å². The summed E-state index contributed by atoms with van der Waals surface area (Å²) in [4.78, 5) is 0. The molecule has 0 aromatic heterocycles. The van der Waals surface area contributed by atoms with Crippen molar-refractivity contribution >= 4 is 11.6 Å². The fourth-order valence-electron chi connectivity index (χ4n) is 2.95. The van der Waals surface area contributed by atoms with Crippen LogP contribution < -0.4 is 0 Å². The first-order valence-electron chi connectivity index (χ1n) is 6.15. The van der Waals surface area contributed by atoms with Gasteiger partial charge in [0.1, 0.15) is 5.75 Å². The van der Waals surface area contributed by atoms with Gasteiger partial charge in [-0.2, -0.15) is 0 Å². The average molecular weight is 232 g/mol. The fraction of sp³-hybridized carbons (Fsp3) is 0.0588. The number of rotatable bonds is 0. The molecule has 18 heavy (non-hydrogen) atoms. The van der Waals surface area contributed by atoms with Crippen molar-refractivity contribution in [1.82, 2.24) is 0 Å². The zero-order chi connectivity index (χ0) is 12.1. The van der Waals surface area contributed by atoms with Crippen molar-refractivity contribution in [2.24, 2.45) is 5.92 Å². The molecule has 86 valence electrons. The van der Waals surface area contributed by atoms with Crippen LogP contribution >= 0.6 is 0 Å².